The maximum atomic E-state index is 12.2. The summed E-state index contributed by atoms with van der Waals surface area (Å²) >= 11 is 0. The Bertz CT molecular complexity index is 812. The lowest BCUT2D eigenvalue weighted by Gasteiger charge is -2.13. The molecule has 1 aromatic carbocycles. The molecule has 2 rings (SSSR count). The molecule has 0 saturated carbocycles. The van der Waals surface area contributed by atoms with Crippen LogP contribution in [-0.4, -0.2) is 33.4 Å². The van der Waals surface area contributed by atoms with Gasteiger partial charge in [0.25, 0.3) is 21.8 Å². The Morgan fingerprint density at radius 3 is 2.38 bits per heavy atom. The number of hydrogen-bond donors (Lipinski definition) is 2. The van der Waals surface area contributed by atoms with Crippen LogP contribution in [0, 0.1) is 0 Å². The van der Waals surface area contributed by atoms with Gasteiger partial charge in [0.15, 0.2) is 5.76 Å². The minimum Gasteiger partial charge on any atom is -0.497 e. The molecule has 0 fully saturated rings. The number of furan rings is 1. The first-order valence-electron chi connectivity index (χ1n) is 6.88. The van der Waals surface area contributed by atoms with E-state index < -0.39 is 27.9 Å². The molecule has 1 aromatic heterocycles. The lowest BCUT2D eigenvalue weighted by molar-refractivity contribution is -0.120. The maximum Gasteiger partial charge on any atom is 0.287 e. The number of amides is 2. The molecule has 0 bridgehead atoms. The van der Waals surface area contributed by atoms with Crippen molar-refractivity contribution in [1.82, 2.24) is 10.0 Å². The first kappa shape index (κ1) is 17.5. The summed E-state index contributed by atoms with van der Waals surface area (Å²) in [4.78, 5) is 23.7. The maximum absolute atomic E-state index is 12.2. The highest BCUT2D eigenvalue weighted by atomic mass is 32.2. The molecule has 0 radical (unpaired) electrons. The van der Waals surface area contributed by atoms with Crippen molar-refractivity contribution < 1.29 is 27.2 Å². The van der Waals surface area contributed by atoms with E-state index in [0.717, 1.165) is 0 Å². The van der Waals surface area contributed by atoms with Crippen LogP contribution in [0.1, 0.15) is 17.5 Å². The van der Waals surface area contributed by atoms with Gasteiger partial charge in [-0.25, -0.2) is 13.1 Å². The van der Waals surface area contributed by atoms with E-state index in [1.807, 2.05) is 4.72 Å². The minimum absolute atomic E-state index is 0.0210. The number of benzene rings is 1. The first-order valence-corrected chi connectivity index (χ1v) is 8.37. The first-order chi connectivity index (χ1) is 11.3. The Hall–Kier alpha value is -2.81. The monoisotopic (exact) mass is 352 g/mol. The van der Waals surface area contributed by atoms with Gasteiger partial charge < -0.3 is 14.5 Å². The molecule has 2 N–H and O–H groups in total. The predicted molar refractivity (Wildman–Crippen MR) is 84.0 cm³/mol. The molecule has 24 heavy (non-hydrogen) atoms. The van der Waals surface area contributed by atoms with E-state index in [9.17, 15) is 18.0 Å². The highest BCUT2D eigenvalue weighted by Crippen LogP contribution is 2.15. The minimum atomic E-state index is -4.05. The van der Waals surface area contributed by atoms with Crippen LogP contribution in [0.3, 0.4) is 0 Å². The van der Waals surface area contributed by atoms with Gasteiger partial charge in [-0.1, -0.05) is 0 Å². The van der Waals surface area contributed by atoms with Crippen molar-refractivity contribution in [2.75, 3.05) is 7.11 Å². The van der Waals surface area contributed by atoms with Crippen LogP contribution in [0.25, 0.3) is 0 Å². The molecule has 128 valence electrons. The van der Waals surface area contributed by atoms with Crippen LogP contribution in [0.2, 0.25) is 0 Å². The summed E-state index contributed by atoms with van der Waals surface area (Å²) in [5.74, 6) is -0.984. The van der Waals surface area contributed by atoms with E-state index in [2.05, 4.69) is 5.32 Å². The molecule has 2 amide bonds. The van der Waals surface area contributed by atoms with Gasteiger partial charge in [0.1, 0.15) is 11.8 Å². The SMILES string of the molecule is COc1ccc(S(=O)(=O)NC(=O)C(C)NC(=O)c2ccco2)cc1. The molecule has 0 aliphatic carbocycles. The number of carbonyl (C=O) groups is 2. The second kappa shape index (κ2) is 7.18. The second-order valence-corrected chi connectivity index (χ2v) is 6.50. The van der Waals surface area contributed by atoms with Gasteiger partial charge >= 0.3 is 0 Å². The highest BCUT2D eigenvalue weighted by molar-refractivity contribution is 7.90. The van der Waals surface area contributed by atoms with E-state index in [-0.39, 0.29) is 10.7 Å². The molecular weight excluding hydrogens is 336 g/mol. The van der Waals surface area contributed by atoms with Crippen LogP contribution < -0.4 is 14.8 Å². The zero-order valence-corrected chi connectivity index (χ0v) is 13.8. The van der Waals surface area contributed by atoms with Crippen molar-refractivity contribution in [3.8, 4) is 5.75 Å². The number of rotatable bonds is 6. The molecule has 2 aromatic rings. The quantitative estimate of drug-likeness (QED) is 0.799. The Labute approximate surface area is 138 Å². The molecule has 0 saturated heterocycles. The van der Waals surface area contributed by atoms with Gasteiger partial charge in [-0.15, -0.1) is 0 Å². The van der Waals surface area contributed by atoms with Crippen LogP contribution >= 0.6 is 0 Å². The largest absolute Gasteiger partial charge is 0.497 e. The highest BCUT2D eigenvalue weighted by Gasteiger charge is 2.23. The Morgan fingerprint density at radius 2 is 1.83 bits per heavy atom. The lowest BCUT2D eigenvalue weighted by atomic mass is 10.3. The van der Waals surface area contributed by atoms with Crippen molar-refractivity contribution in [2.24, 2.45) is 0 Å². The van der Waals surface area contributed by atoms with Crippen molar-refractivity contribution in [3.63, 3.8) is 0 Å². The fraction of sp³-hybridized carbons (Fsp3) is 0.200. The lowest BCUT2D eigenvalue weighted by Crippen LogP contribution is -2.46. The summed E-state index contributed by atoms with van der Waals surface area (Å²) in [5.41, 5.74) is 0. The predicted octanol–water partition coefficient (Wildman–Crippen LogP) is 0.912. The zero-order valence-electron chi connectivity index (χ0n) is 13.0. The molecule has 1 heterocycles. The average molecular weight is 352 g/mol. The molecule has 0 aliphatic heterocycles. The van der Waals surface area contributed by atoms with E-state index in [1.54, 1.807) is 0 Å². The van der Waals surface area contributed by atoms with Crippen LogP contribution in [0.5, 0.6) is 5.75 Å². The summed E-state index contributed by atoms with van der Waals surface area (Å²) in [5, 5.41) is 2.35. The Balaban J connectivity index is 2.02. The van der Waals surface area contributed by atoms with Gasteiger partial charge in [-0.3, -0.25) is 9.59 Å². The number of nitrogens with one attached hydrogen (secondary N) is 2. The summed E-state index contributed by atoms with van der Waals surface area (Å²) in [6.45, 7) is 1.36. The summed E-state index contributed by atoms with van der Waals surface area (Å²) in [7, 11) is -2.60. The average Bonchev–Trinajstić information content (AvgIpc) is 3.09. The van der Waals surface area contributed by atoms with Crippen molar-refractivity contribution >= 4 is 21.8 Å². The molecule has 1 unspecified atom stereocenters. The van der Waals surface area contributed by atoms with Crippen molar-refractivity contribution in [2.45, 2.75) is 17.9 Å². The van der Waals surface area contributed by atoms with E-state index >= 15 is 0 Å². The fourth-order valence-electron chi connectivity index (χ4n) is 1.78. The van der Waals surface area contributed by atoms with Crippen molar-refractivity contribution in [3.05, 3.63) is 48.4 Å². The normalized spacial score (nSPS) is 12.2. The van der Waals surface area contributed by atoms with Crippen molar-refractivity contribution in [1.29, 1.82) is 0 Å². The Morgan fingerprint density at radius 1 is 1.17 bits per heavy atom. The van der Waals surface area contributed by atoms with Gasteiger partial charge in [-0.05, 0) is 43.3 Å². The number of carbonyl (C=O) groups excluding carboxylic acids is 2. The van der Waals surface area contributed by atoms with Gasteiger partial charge in [0.05, 0.1) is 18.3 Å². The molecule has 1 atom stereocenters. The number of methoxy groups -OCH3 is 1. The van der Waals surface area contributed by atoms with Crippen LogP contribution in [0.4, 0.5) is 0 Å². The third-order valence-corrected chi connectivity index (χ3v) is 4.45. The molecular formula is C15H16N2O6S. The number of sulfonamides is 1. The summed E-state index contributed by atoms with van der Waals surface area (Å²) in [6, 6.07) is 7.40. The molecule has 9 heteroatoms. The third kappa shape index (κ3) is 4.13. The van der Waals surface area contributed by atoms with E-state index in [4.69, 9.17) is 9.15 Å². The topological polar surface area (TPSA) is 115 Å². The molecule has 0 spiro atoms. The fourth-order valence-corrected chi connectivity index (χ4v) is 2.83. The number of ether oxygens (including phenoxy) is 1. The third-order valence-electron chi connectivity index (χ3n) is 3.09. The summed E-state index contributed by atoms with van der Waals surface area (Å²) < 4.78 is 36.1. The van der Waals surface area contributed by atoms with Gasteiger partial charge in [0.2, 0.25) is 0 Å². The van der Waals surface area contributed by atoms with Crippen LogP contribution in [0.15, 0.2) is 52.0 Å². The number of hydrogen-bond acceptors (Lipinski definition) is 6. The smallest absolute Gasteiger partial charge is 0.287 e. The van der Waals surface area contributed by atoms with Gasteiger partial charge in [0, 0.05) is 0 Å². The molecule has 8 nitrogen and oxygen atoms in total. The van der Waals surface area contributed by atoms with Gasteiger partial charge in [-0.2, -0.15) is 0 Å². The van der Waals surface area contributed by atoms with E-state index in [0.29, 0.717) is 5.75 Å². The second-order valence-electron chi connectivity index (χ2n) is 4.82. The standard InChI is InChI=1S/C15H16N2O6S/c1-10(16-15(19)13-4-3-9-23-13)14(18)17-24(20,21)12-7-5-11(22-2)6-8-12/h3-10H,1-2H3,(H,16,19)(H,17,18). The molecule has 0 aliphatic rings. The van der Waals surface area contributed by atoms with E-state index in [1.165, 1.54) is 56.7 Å². The Kier molecular flexibility index (Phi) is 5.24. The zero-order chi connectivity index (χ0) is 17.7. The summed E-state index contributed by atoms with van der Waals surface area (Å²) in [6.07, 6.45) is 1.31. The van der Waals surface area contributed by atoms with Crippen LogP contribution in [-0.2, 0) is 14.8 Å².